The molecule has 1 atom stereocenters. The summed E-state index contributed by atoms with van der Waals surface area (Å²) < 4.78 is 11.1. The highest BCUT2D eigenvalue weighted by atomic mass is 16.5. The van der Waals surface area contributed by atoms with Gasteiger partial charge in [-0.05, 0) is 74.0 Å². The van der Waals surface area contributed by atoms with Crippen molar-refractivity contribution in [2.24, 2.45) is 33.9 Å². The fourth-order valence-electron chi connectivity index (χ4n) is 7.20. The fraction of sp³-hybridized carbons (Fsp3) is 0.682. The molecule has 2 N–H and O–H groups in total. The molecule has 0 saturated heterocycles. The fourth-order valence-corrected chi connectivity index (χ4v) is 7.20. The molecule has 146 valence electrons. The number of hydrogen-bond donors (Lipinski definition) is 1. The molecule has 1 aromatic rings. The monoisotopic (exact) mass is 369 g/mol. The minimum Gasteiger partial charge on any atom is -0.493 e. The van der Waals surface area contributed by atoms with E-state index in [0.29, 0.717) is 5.96 Å². The molecule has 5 nitrogen and oxygen atoms in total. The van der Waals surface area contributed by atoms with E-state index in [0.717, 1.165) is 35.8 Å². The van der Waals surface area contributed by atoms with Crippen molar-refractivity contribution < 1.29 is 9.47 Å². The number of hydrogen-bond acceptors (Lipinski definition) is 5. The maximum absolute atomic E-state index is 6.36. The molecule has 0 radical (unpaired) electrons. The van der Waals surface area contributed by atoms with E-state index >= 15 is 0 Å². The molecule has 27 heavy (non-hydrogen) atoms. The molecule has 4 fully saturated rings. The Labute approximate surface area is 161 Å². The zero-order valence-electron chi connectivity index (χ0n) is 16.7. The zero-order chi connectivity index (χ0) is 18.8. The summed E-state index contributed by atoms with van der Waals surface area (Å²) in [5, 5.41) is 0. The molecule has 5 aliphatic rings. The van der Waals surface area contributed by atoms with Crippen LogP contribution in [0.4, 0.5) is 0 Å². The Morgan fingerprint density at radius 2 is 1.59 bits per heavy atom. The third kappa shape index (κ3) is 2.33. The van der Waals surface area contributed by atoms with Crippen LogP contribution in [-0.4, -0.2) is 38.7 Å². The second-order valence-electron chi connectivity index (χ2n) is 9.45. The first-order chi connectivity index (χ1) is 13.0. The first kappa shape index (κ1) is 17.2. The molecule has 1 heterocycles. The van der Waals surface area contributed by atoms with Gasteiger partial charge in [0.05, 0.1) is 20.8 Å². The van der Waals surface area contributed by atoms with E-state index in [-0.39, 0.29) is 11.0 Å². The summed E-state index contributed by atoms with van der Waals surface area (Å²) in [5.74, 6) is 4.83. The molecule has 4 aliphatic carbocycles. The molecule has 0 spiro atoms. The van der Waals surface area contributed by atoms with Crippen LogP contribution in [0.2, 0.25) is 0 Å². The number of likely N-dealkylation sites (N-methyl/N-ethyl adjacent to an activating group) is 1. The lowest BCUT2D eigenvalue weighted by Crippen LogP contribution is -2.57. The Kier molecular flexibility index (Phi) is 3.69. The SMILES string of the molecule is COc1ccc(C2(C34CC5CC(CC(C5)C3)C4)CN(C)C(N)=N2)cc1OC. The Hall–Kier alpha value is -1.91. The Balaban J connectivity index is 1.66. The van der Waals surface area contributed by atoms with Crippen LogP contribution in [0, 0.1) is 23.2 Å². The van der Waals surface area contributed by atoms with Gasteiger partial charge in [-0.1, -0.05) is 6.07 Å². The van der Waals surface area contributed by atoms with Gasteiger partial charge in [-0.25, -0.2) is 4.99 Å². The summed E-state index contributed by atoms with van der Waals surface area (Å²) in [6, 6.07) is 6.36. The highest BCUT2D eigenvalue weighted by molar-refractivity contribution is 5.81. The van der Waals surface area contributed by atoms with Crippen LogP contribution in [0.25, 0.3) is 0 Å². The van der Waals surface area contributed by atoms with Crippen molar-refractivity contribution in [3.8, 4) is 11.5 Å². The number of guanidine groups is 1. The first-order valence-electron chi connectivity index (χ1n) is 10.3. The number of benzene rings is 1. The molecule has 4 saturated carbocycles. The van der Waals surface area contributed by atoms with Gasteiger partial charge in [-0.2, -0.15) is 0 Å². The van der Waals surface area contributed by atoms with Crippen molar-refractivity contribution in [3.63, 3.8) is 0 Å². The second kappa shape index (κ2) is 5.79. The summed E-state index contributed by atoms with van der Waals surface area (Å²) >= 11 is 0. The van der Waals surface area contributed by atoms with Crippen molar-refractivity contribution >= 4 is 5.96 Å². The molecular weight excluding hydrogens is 338 g/mol. The Morgan fingerprint density at radius 1 is 1.00 bits per heavy atom. The first-order valence-corrected chi connectivity index (χ1v) is 10.3. The minimum atomic E-state index is -0.276. The lowest BCUT2D eigenvalue weighted by molar-refractivity contribution is -0.0987. The Morgan fingerprint density at radius 3 is 2.07 bits per heavy atom. The highest BCUT2D eigenvalue weighted by Crippen LogP contribution is 2.67. The van der Waals surface area contributed by atoms with Crippen molar-refractivity contribution in [2.75, 3.05) is 27.8 Å². The summed E-state index contributed by atoms with van der Waals surface area (Å²) in [4.78, 5) is 7.35. The number of nitrogens with zero attached hydrogens (tertiary/aromatic N) is 2. The van der Waals surface area contributed by atoms with Crippen LogP contribution < -0.4 is 15.2 Å². The van der Waals surface area contributed by atoms with Crippen LogP contribution in [0.5, 0.6) is 11.5 Å². The number of aliphatic imine (C=N–C) groups is 1. The largest absolute Gasteiger partial charge is 0.493 e. The predicted octanol–water partition coefficient (Wildman–Crippen LogP) is 3.38. The van der Waals surface area contributed by atoms with Gasteiger partial charge in [-0.3, -0.25) is 0 Å². The maximum Gasteiger partial charge on any atom is 0.192 e. The van der Waals surface area contributed by atoms with Crippen molar-refractivity contribution in [3.05, 3.63) is 23.8 Å². The van der Waals surface area contributed by atoms with E-state index in [1.165, 1.54) is 44.1 Å². The van der Waals surface area contributed by atoms with Crippen LogP contribution in [0.1, 0.15) is 44.1 Å². The average molecular weight is 370 g/mol. The third-order valence-corrected chi connectivity index (χ3v) is 7.94. The minimum absolute atomic E-state index is 0.219. The molecule has 0 aromatic heterocycles. The standard InChI is InChI=1S/C22H31N3O2/c1-25-13-22(24-20(25)23,17-4-5-18(26-2)19(9-17)27-3)21-10-14-6-15(11-21)8-16(7-14)12-21/h4-5,9,14-16H,6-8,10-13H2,1-3H3,(H2,23,24). The molecule has 4 bridgehead atoms. The van der Waals surface area contributed by atoms with Crippen LogP contribution >= 0.6 is 0 Å². The normalized spacial score (nSPS) is 39.6. The van der Waals surface area contributed by atoms with E-state index < -0.39 is 0 Å². The molecule has 5 heteroatoms. The van der Waals surface area contributed by atoms with E-state index in [1.54, 1.807) is 14.2 Å². The summed E-state index contributed by atoms with van der Waals surface area (Å²) in [7, 11) is 5.46. The van der Waals surface area contributed by atoms with Gasteiger partial charge >= 0.3 is 0 Å². The van der Waals surface area contributed by atoms with Gasteiger partial charge in [0, 0.05) is 12.5 Å². The third-order valence-electron chi connectivity index (χ3n) is 7.94. The summed E-state index contributed by atoms with van der Waals surface area (Å²) in [6.45, 7) is 0.862. The van der Waals surface area contributed by atoms with Crippen LogP contribution in [0.15, 0.2) is 23.2 Å². The molecule has 0 amide bonds. The number of rotatable bonds is 4. The van der Waals surface area contributed by atoms with Gasteiger partial charge in [0.25, 0.3) is 0 Å². The van der Waals surface area contributed by atoms with Crippen molar-refractivity contribution in [1.82, 2.24) is 4.90 Å². The van der Waals surface area contributed by atoms with E-state index in [4.69, 9.17) is 20.2 Å². The highest BCUT2D eigenvalue weighted by Gasteiger charge is 2.63. The molecular formula is C22H31N3O2. The topological polar surface area (TPSA) is 60.1 Å². The van der Waals surface area contributed by atoms with E-state index in [2.05, 4.69) is 24.1 Å². The lowest BCUT2D eigenvalue weighted by Gasteiger charge is -2.62. The Bertz CT molecular complexity index is 754. The van der Waals surface area contributed by atoms with Gasteiger partial charge in [0.2, 0.25) is 0 Å². The van der Waals surface area contributed by atoms with Crippen molar-refractivity contribution in [1.29, 1.82) is 0 Å². The van der Waals surface area contributed by atoms with Crippen LogP contribution in [-0.2, 0) is 5.54 Å². The molecule has 6 rings (SSSR count). The van der Waals surface area contributed by atoms with Gasteiger partial charge in [0.15, 0.2) is 17.5 Å². The molecule has 1 aliphatic heterocycles. The van der Waals surface area contributed by atoms with Gasteiger partial charge in [0.1, 0.15) is 5.54 Å². The quantitative estimate of drug-likeness (QED) is 0.884. The van der Waals surface area contributed by atoms with Gasteiger partial charge in [-0.15, -0.1) is 0 Å². The van der Waals surface area contributed by atoms with Crippen molar-refractivity contribution in [2.45, 2.75) is 44.1 Å². The maximum atomic E-state index is 6.36. The van der Waals surface area contributed by atoms with E-state index in [9.17, 15) is 0 Å². The molecule has 1 unspecified atom stereocenters. The second-order valence-corrected chi connectivity index (χ2v) is 9.45. The summed E-state index contributed by atoms with van der Waals surface area (Å²) in [6.07, 6.45) is 8.15. The summed E-state index contributed by atoms with van der Waals surface area (Å²) in [5.41, 5.74) is 7.53. The molecule has 1 aromatic carbocycles. The predicted molar refractivity (Wildman–Crippen MR) is 106 cm³/mol. The van der Waals surface area contributed by atoms with E-state index in [1.807, 2.05) is 6.07 Å². The zero-order valence-corrected chi connectivity index (χ0v) is 16.7. The average Bonchev–Trinajstić information content (AvgIpc) is 2.96. The number of nitrogens with two attached hydrogens (primary N) is 1. The number of ether oxygens (including phenoxy) is 2. The lowest BCUT2D eigenvalue weighted by atomic mass is 9.44. The van der Waals surface area contributed by atoms with Crippen LogP contribution in [0.3, 0.4) is 0 Å². The van der Waals surface area contributed by atoms with Gasteiger partial charge < -0.3 is 20.1 Å². The number of methoxy groups -OCH3 is 2. The smallest absolute Gasteiger partial charge is 0.192 e.